The minimum atomic E-state index is -1.35. The van der Waals surface area contributed by atoms with Crippen molar-refractivity contribution in [3.05, 3.63) is 29.8 Å². The molecule has 0 bridgehead atoms. The van der Waals surface area contributed by atoms with Crippen LogP contribution in [0.5, 0.6) is 0 Å². The summed E-state index contributed by atoms with van der Waals surface area (Å²) in [4.78, 5) is 73.5. The smallest absolute Gasteiger partial charge is 0.326 e. The fourth-order valence-corrected chi connectivity index (χ4v) is 8.45. The molecule has 0 aliphatic carbocycles. The van der Waals surface area contributed by atoms with E-state index >= 15 is 0 Å². The third-order valence-electron chi connectivity index (χ3n) is 11.5. The molecule has 0 aliphatic heterocycles. The lowest BCUT2D eigenvalue weighted by molar-refractivity contribution is -0.157. The molecule has 0 heterocycles. The van der Waals surface area contributed by atoms with Crippen molar-refractivity contribution >= 4 is 53.1 Å². The molecule has 64 heavy (non-hydrogen) atoms. The lowest BCUT2D eigenvalue weighted by atomic mass is 10.0. The second kappa shape index (κ2) is 39.7. The van der Waals surface area contributed by atoms with Gasteiger partial charge in [-0.1, -0.05) is 175 Å². The highest BCUT2D eigenvalue weighted by molar-refractivity contribution is 7.99. The average molecular weight is 919 g/mol. The molecular formula is C51H86N2O10S. The summed E-state index contributed by atoms with van der Waals surface area (Å²) in [6, 6.07) is 4.58. The van der Waals surface area contributed by atoms with Crippen molar-refractivity contribution in [3.63, 3.8) is 0 Å². The first-order valence-electron chi connectivity index (χ1n) is 25.1. The van der Waals surface area contributed by atoms with Crippen molar-refractivity contribution in [1.29, 1.82) is 0 Å². The summed E-state index contributed by atoms with van der Waals surface area (Å²) in [6.07, 6.45) is 31.1. The monoisotopic (exact) mass is 919 g/mol. The zero-order valence-corrected chi connectivity index (χ0v) is 40.8. The number of rotatable bonds is 43. The normalized spacial score (nSPS) is 12.5. The van der Waals surface area contributed by atoms with Crippen LogP contribution >= 0.6 is 11.8 Å². The molecule has 0 saturated heterocycles. The van der Waals surface area contributed by atoms with Gasteiger partial charge in [-0.3, -0.25) is 24.0 Å². The maximum Gasteiger partial charge on any atom is 0.326 e. The molecule has 13 heteroatoms. The highest BCUT2D eigenvalue weighted by Gasteiger charge is 2.23. The van der Waals surface area contributed by atoms with Gasteiger partial charge in [-0.05, 0) is 43.5 Å². The van der Waals surface area contributed by atoms with Crippen LogP contribution in [0.2, 0.25) is 0 Å². The number of benzene rings is 1. The fraction of sp³-hybridized carbons (Fsp3) is 0.765. The lowest BCUT2D eigenvalue weighted by Gasteiger charge is -2.19. The Bertz CT molecular complexity index is 1410. The maximum absolute atomic E-state index is 13.0. The summed E-state index contributed by atoms with van der Waals surface area (Å²) in [5, 5.41) is 23.4. The first kappa shape index (κ1) is 58.4. The first-order chi connectivity index (χ1) is 31.0. The number of aliphatic carboxylic acids is 2. The minimum Gasteiger partial charge on any atom is -0.481 e. The first-order valence-corrected chi connectivity index (χ1v) is 26.2. The number of anilines is 1. The van der Waals surface area contributed by atoms with E-state index in [2.05, 4.69) is 24.5 Å². The van der Waals surface area contributed by atoms with Gasteiger partial charge in [0.1, 0.15) is 18.8 Å². The third-order valence-corrected chi connectivity index (χ3v) is 12.8. The number of esters is 2. The number of unbranched alkanes of at least 4 members (excludes halogenated alkanes) is 24. The summed E-state index contributed by atoms with van der Waals surface area (Å²) in [6.45, 7) is 6.24. The Kier molecular flexibility index (Phi) is 36.3. The zero-order chi connectivity index (χ0) is 47.0. The van der Waals surface area contributed by atoms with Crippen molar-refractivity contribution in [2.75, 3.05) is 23.4 Å². The summed E-state index contributed by atoms with van der Waals surface area (Å²) in [5.41, 5.74) is 0.595. The van der Waals surface area contributed by atoms with Gasteiger partial charge in [0.05, 0.1) is 0 Å². The van der Waals surface area contributed by atoms with Crippen LogP contribution in [0.3, 0.4) is 0 Å². The summed E-state index contributed by atoms with van der Waals surface area (Å²) < 4.78 is 11.4. The van der Waals surface area contributed by atoms with Gasteiger partial charge in [0, 0.05) is 47.9 Å². The summed E-state index contributed by atoms with van der Waals surface area (Å²) in [5.74, 6) is -3.68. The molecule has 12 nitrogen and oxygen atoms in total. The van der Waals surface area contributed by atoms with Gasteiger partial charge in [-0.2, -0.15) is 11.8 Å². The largest absolute Gasteiger partial charge is 0.481 e. The number of ether oxygens (including phenoxy) is 2. The maximum atomic E-state index is 13.0. The lowest BCUT2D eigenvalue weighted by Crippen LogP contribution is -2.41. The molecule has 366 valence electrons. The quantitative estimate of drug-likeness (QED) is 0.0361. The van der Waals surface area contributed by atoms with Crippen molar-refractivity contribution in [1.82, 2.24) is 5.32 Å². The van der Waals surface area contributed by atoms with E-state index < -0.39 is 42.3 Å². The molecule has 2 amide bonds. The Morgan fingerprint density at radius 2 is 1.02 bits per heavy atom. The van der Waals surface area contributed by atoms with Crippen molar-refractivity contribution in [2.45, 2.75) is 226 Å². The molecule has 1 rings (SSSR count). The number of carbonyl (C=O) groups is 6. The van der Waals surface area contributed by atoms with E-state index in [1.807, 2.05) is 0 Å². The molecule has 1 aromatic carbocycles. The van der Waals surface area contributed by atoms with Crippen LogP contribution in [-0.4, -0.2) is 76.2 Å². The number of thioether (sulfide) groups is 1. The van der Waals surface area contributed by atoms with E-state index in [-0.39, 0.29) is 36.4 Å². The van der Waals surface area contributed by atoms with Gasteiger partial charge in [0.15, 0.2) is 0 Å². The Morgan fingerprint density at radius 3 is 1.45 bits per heavy atom. The van der Waals surface area contributed by atoms with Crippen LogP contribution in [0.15, 0.2) is 24.3 Å². The van der Waals surface area contributed by atoms with Gasteiger partial charge >= 0.3 is 23.9 Å². The summed E-state index contributed by atoms with van der Waals surface area (Å²) in [7, 11) is 0. The van der Waals surface area contributed by atoms with E-state index in [4.69, 9.17) is 14.6 Å². The van der Waals surface area contributed by atoms with Crippen LogP contribution in [0.25, 0.3) is 0 Å². The number of hydrogen-bond donors (Lipinski definition) is 4. The summed E-state index contributed by atoms with van der Waals surface area (Å²) >= 11 is 1.44. The Labute approximate surface area is 390 Å². The molecule has 3 atom stereocenters. The molecular weight excluding hydrogens is 833 g/mol. The standard InChI is InChI=1S/C51H86N2O10S/c1-4-6-8-10-12-14-16-18-20-22-24-26-28-30-47(56)62-38-44(63-48(57)31-29-27-25-23-21-19-17-15-13-11-9-7-5-2)40-64-39-41(3)49(58)52-43-34-32-42(33-35-43)50(59)53-45(51(60)61)36-37-46(54)55/h32-35,41,44-45H,4-31,36-40H2,1-3H3,(H,52,58)(H,53,59)(H,54,55)(H,60,61). The van der Waals surface area contributed by atoms with E-state index in [1.165, 1.54) is 164 Å². The second-order valence-corrected chi connectivity index (χ2v) is 18.7. The van der Waals surface area contributed by atoms with Crippen LogP contribution in [0, 0.1) is 5.92 Å². The molecule has 4 N–H and O–H groups in total. The Hall–Kier alpha value is -3.61. The highest BCUT2D eigenvalue weighted by atomic mass is 32.2. The number of nitrogens with one attached hydrogen (secondary N) is 2. The number of carbonyl (C=O) groups excluding carboxylic acids is 4. The van der Waals surface area contributed by atoms with Gasteiger partial charge in [-0.25, -0.2) is 4.79 Å². The molecule has 3 unspecified atom stereocenters. The molecule has 0 aromatic heterocycles. The fourth-order valence-electron chi connectivity index (χ4n) is 7.38. The van der Waals surface area contributed by atoms with Gasteiger partial charge in [0.2, 0.25) is 5.91 Å². The number of carboxylic acids is 2. The van der Waals surface area contributed by atoms with E-state index in [0.29, 0.717) is 30.0 Å². The van der Waals surface area contributed by atoms with Crippen LogP contribution < -0.4 is 10.6 Å². The molecule has 1 aromatic rings. The van der Waals surface area contributed by atoms with E-state index in [1.54, 1.807) is 6.92 Å². The average Bonchev–Trinajstić information content (AvgIpc) is 3.27. The van der Waals surface area contributed by atoms with Crippen molar-refractivity contribution in [2.24, 2.45) is 5.92 Å². The molecule has 0 fully saturated rings. The van der Waals surface area contributed by atoms with E-state index in [9.17, 15) is 33.9 Å². The van der Waals surface area contributed by atoms with Crippen LogP contribution in [0.4, 0.5) is 5.69 Å². The molecule has 0 radical (unpaired) electrons. The molecule has 0 spiro atoms. The minimum absolute atomic E-state index is 0.0259. The van der Waals surface area contributed by atoms with Crippen molar-refractivity contribution < 1.29 is 48.5 Å². The molecule has 0 aliphatic rings. The zero-order valence-electron chi connectivity index (χ0n) is 39.9. The van der Waals surface area contributed by atoms with Crippen molar-refractivity contribution in [3.8, 4) is 0 Å². The molecule has 0 saturated carbocycles. The Morgan fingerprint density at radius 1 is 0.578 bits per heavy atom. The second-order valence-electron chi connectivity index (χ2n) is 17.6. The van der Waals surface area contributed by atoms with Gasteiger partial charge in [-0.15, -0.1) is 0 Å². The SMILES string of the molecule is CCCCCCCCCCCCCCCC(=O)OCC(CSCC(C)C(=O)Nc1ccc(C(=O)NC(CCC(=O)O)C(=O)O)cc1)OC(=O)CCCCCCCCCCCCCCC. The third kappa shape index (κ3) is 33.0. The number of carboxylic acid groups (broad SMARTS) is 2. The van der Waals surface area contributed by atoms with Crippen LogP contribution in [0.1, 0.15) is 224 Å². The topological polar surface area (TPSA) is 185 Å². The Balaban J connectivity index is 2.54. The highest BCUT2D eigenvalue weighted by Crippen LogP contribution is 2.19. The van der Waals surface area contributed by atoms with E-state index in [0.717, 1.165) is 38.5 Å². The number of amides is 2. The van der Waals surface area contributed by atoms with Gasteiger partial charge < -0.3 is 30.3 Å². The van der Waals surface area contributed by atoms with Crippen LogP contribution in [-0.2, 0) is 33.4 Å². The predicted molar refractivity (Wildman–Crippen MR) is 259 cm³/mol. The van der Waals surface area contributed by atoms with Gasteiger partial charge in [0.25, 0.3) is 5.91 Å². The predicted octanol–water partition coefficient (Wildman–Crippen LogP) is 12.5. The number of hydrogen-bond acceptors (Lipinski definition) is 9.